The zero-order valence-electron chi connectivity index (χ0n) is 12.5. The molecule has 0 radical (unpaired) electrons. The highest BCUT2D eigenvalue weighted by Crippen LogP contribution is 2.19. The second kappa shape index (κ2) is 7.22. The molecule has 2 aromatic carbocycles. The van der Waals surface area contributed by atoms with Crippen molar-refractivity contribution in [3.63, 3.8) is 0 Å². The number of fused-ring (bicyclic) bond motifs is 1. The second-order valence-electron chi connectivity index (χ2n) is 4.83. The Hall–Kier alpha value is -3.15. The topological polar surface area (TPSA) is 98.5 Å². The molecule has 0 fully saturated rings. The lowest BCUT2D eigenvalue weighted by Crippen LogP contribution is -2.42. The smallest absolute Gasteiger partial charge is 0.331 e. The number of ether oxygens (including phenoxy) is 1. The number of carbonyl (C=O) groups excluding carboxylic acids is 3. The number of urea groups is 1. The quantitative estimate of drug-likeness (QED) is 0.666. The first-order valence-electron chi connectivity index (χ1n) is 6.94. The van der Waals surface area contributed by atoms with Gasteiger partial charge < -0.3 is 10.5 Å². The van der Waals surface area contributed by atoms with Crippen LogP contribution in [-0.2, 0) is 14.3 Å². The van der Waals surface area contributed by atoms with Crippen LogP contribution in [0.3, 0.4) is 0 Å². The van der Waals surface area contributed by atoms with Crippen LogP contribution >= 0.6 is 0 Å². The zero-order chi connectivity index (χ0) is 16.8. The first-order valence-corrected chi connectivity index (χ1v) is 6.94. The van der Waals surface area contributed by atoms with E-state index in [1.165, 1.54) is 13.0 Å². The predicted molar refractivity (Wildman–Crippen MR) is 86.3 cm³/mol. The van der Waals surface area contributed by atoms with Crippen molar-refractivity contribution in [2.45, 2.75) is 13.0 Å². The molecule has 3 N–H and O–H groups in total. The number of nitrogens with two attached hydrogens (primary N) is 1. The Morgan fingerprint density at radius 3 is 2.57 bits per heavy atom. The van der Waals surface area contributed by atoms with Crippen LogP contribution in [-0.4, -0.2) is 24.0 Å². The fourth-order valence-corrected chi connectivity index (χ4v) is 2.04. The Kier molecular flexibility index (Phi) is 5.09. The molecule has 0 aliphatic carbocycles. The van der Waals surface area contributed by atoms with E-state index >= 15 is 0 Å². The van der Waals surface area contributed by atoms with Gasteiger partial charge in [-0.2, -0.15) is 0 Å². The van der Waals surface area contributed by atoms with Gasteiger partial charge in [-0.05, 0) is 29.3 Å². The van der Waals surface area contributed by atoms with Crippen LogP contribution in [0.25, 0.3) is 16.8 Å². The molecule has 0 aliphatic rings. The molecule has 23 heavy (non-hydrogen) atoms. The summed E-state index contributed by atoms with van der Waals surface area (Å²) in [5.41, 5.74) is 5.68. The van der Waals surface area contributed by atoms with E-state index in [2.05, 4.69) is 0 Å². The van der Waals surface area contributed by atoms with Gasteiger partial charge in [0.1, 0.15) is 0 Å². The molecule has 0 saturated heterocycles. The van der Waals surface area contributed by atoms with Crippen LogP contribution in [0.5, 0.6) is 0 Å². The highest BCUT2D eigenvalue weighted by atomic mass is 16.5. The lowest BCUT2D eigenvalue weighted by atomic mass is 10.0. The zero-order valence-corrected chi connectivity index (χ0v) is 12.5. The molecule has 0 heterocycles. The molecule has 6 nitrogen and oxygen atoms in total. The summed E-state index contributed by atoms with van der Waals surface area (Å²) in [5, 5.41) is 3.90. The number of nitrogens with one attached hydrogen (secondary N) is 1. The minimum atomic E-state index is -1.12. The van der Waals surface area contributed by atoms with E-state index in [9.17, 15) is 14.4 Å². The van der Waals surface area contributed by atoms with E-state index in [-0.39, 0.29) is 0 Å². The van der Waals surface area contributed by atoms with Crippen molar-refractivity contribution in [1.82, 2.24) is 5.32 Å². The van der Waals surface area contributed by atoms with Crippen molar-refractivity contribution in [1.29, 1.82) is 0 Å². The standard InChI is InChI=1S/C17H16N2O4/c1-11(16(21)19-17(18)22)23-15(20)10-9-13-7-4-6-12-5-2-3-8-14(12)13/h2-11H,1H3,(H3,18,19,21,22). The molecular weight excluding hydrogens is 296 g/mol. The molecule has 3 amide bonds. The monoisotopic (exact) mass is 312 g/mol. The number of benzene rings is 2. The Morgan fingerprint density at radius 2 is 1.83 bits per heavy atom. The molecule has 0 aromatic heterocycles. The third-order valence-electron chi connectivity index (χ3n) is 3.13. The van der Waals surface area contributed by atoms with Crippen LogP contribution < -0.4 is 11.1 Å². The fraction of sp³-hybridized carbons (Fsp3) is 0.118. The van der Waals surface area contributed by atoms with Crippen LogP contribution in [0.15, 0.2) is 48.5 Å². The largest absolute Gasteiger partial charge is 0.449 e. The summed E-state index contributed by atoms with van der Waals surface area (Å²) >= 11 is 0. The fourth-order valence-electron chi connectivity index (χ4n) is 2.04. The Morgan fingerprint density at radius 1 is 1.13 bits per heavy atom. The number of esters is 1. The highest BCUT2D eigenvalue weighted by molar-refractivity contribution is 5.98. The molecule has 0 spiro atoms. The SMILES string of the molecule is CC(OC(=O)C=Cc1cccc2ccccc12)C(=O)NC(N)=O. The van der Waals surface area contributed by atoms with Gasteiger partial charge in [-0.1, -0.05) is 42.5 Å². The number of carbonyl (C=O) groups is 3. The van der Waals surface area contributed by atoms with Crippen molar-refractivity contribution >= 4 is 34.8 Å². The number of amides is 3. The first-order chi connectivity index (χ1) is 11.0. The Bertz CT molecular complexity index is 778. The van der Waals surface area contributed by atoms with Crippen molar-refractivity contribution in [3.8, 4) is 0 Å². The number of rotatable bonds is 4. The van der Waals surface area contributed by atoms with Crippen molar-refractivity contribution in [2.75, 3.05) is 0 Å². The maximum atomic E-state index is 11.7. The van der Waals surface area contributed by atoms with Crippen LogP contribution in [0, 0.1) is 0 Å². The van der Waals surface area contributed by atoms with Crippen LogP contribution in [0.2, 0.25) is 0 Å². The summed E-state index contributed by atoms with van der Waals surface area (Å²) < 4.78 is 4.90. The van der Waals surface area contributed by atoms with Gasteiger partial charge in [0.25, 0.3) is 5.91 Å². The van der Waals surface area contributed by atoms with Crippen molar-refractivity contribution < 1.29 is 19.1 Å². The van der Waals surface area contributed by atoms with E-state index in [4.69, 9.17) is 10.5 Å². The third-order valence-corrected chi connectivity index (χ3v) is 3.13. The van der Waals surface area contributed by atoms with Crippen molar-refractivity contribution in [2.24, 2.45) is 5.73 Å². The second-order valence-corrected chi connectivity index (χ2v) is 4.83. The third kappa shape index (κ3) is 4.41. The minimum absolute atomic E-state index is 0.690. The molecule has 2 rings (SSSR count). The van der Waals surface area contributed by atoms with Crippen LogP contribution in [0.1, 0.15) is 12.5 Å². The molecule has 118 valence electrons. The molecular formula is C17H16N2O4. The summed E-state index contributed by atoms with van der Waals surface area (Å²) in [6.45, 7) is 1.35. The summed E-state index contributed by atoms with van der Waals surface area (Å²) in [4.78, 5) is 33.7. The van der Waals surface area contributed by atoms with E-state index < -0.39 is 24.0 Å². The van der Waals surface area contributed by atoms with Gasteiger partial charge in [0.15, 0.2) is 6.10 Å². The molecule has 0 saturated carbocycles. The molecule has 1 atom stereocenters. The number of hydrogen-bond acceptors (Lipinski definition) is 4. The summed E-state index contributed by atoms with van der Waals surface area (Å²) in [5.74, 6) is -1.46. The van der Waals surface area contributed by atoms with E-state index in [0.717, 1.165) is 16.3 Å². The Labute approximate surface area is 132 Å². The van der Waals surface area contributed by atoms with Gasteiger partial charge in [0.2, 0.25) is 0 Å². The number of hydrogen-bond donors (Lipinski definition) is 2. The van der Waals surface area contributed by atoms with Gasteiger partial charge >= 0.3 is 12.0 Å². The minimum Gasteiger partial charge on any atom is -0.449 e. The molecule has 1 unspecified atom stereocenters. The highest BCUT2D eigenvalue weighted by Gasteiger charge is 2.17. The van der Waals surface area contributed by atoms with Gasteiger partial charge in [0, 0.05) is 6.08 Å². The summed E-state index contributed by atoms with van der Waals surface area (Å²) in [7, 11) is 0. The van der Waals surface area contributed by atoms with Crippen molar-refractivity contribution in [3.05, 3.63) is 54.1 Å². The maximum absolute atomic E-state index is 11.7. The van der Waals surface area contributed by atoms with E-state index in [1.807, 2.05) is 47.8 Å². The van der Waals surface area contributed by atoms with E-state index in [1.54, 1.807) is 6.08 Å². The average Bonchev–Trinajstić information content (AvgIpc) is 2.52. The normalized spacial score (nSPS) is 12.0. The molecule has 0 aliphatic heterocycles. The van der Waals surface area contributed by atoms with E-state index in [0.29, 0.717) is 0 Å². The molecule has 6 heteroatoms. The summed E-state index contributed by atoms with van der Waals surface area (Å²) in [6.07, 6.45) is 1.73. The van der Waals surface area contributed by atoms with Gasteiger partial charge in [-0.25, -0.2) is 9.59 Å². The van der Waals surface area contributed by atoms with Crippen LogP contribution in [0.4, 0.5) is 4.79 Å². The van der Waals surface area contributed by atoms with Gasteiger partial charge in [-0.15, -0.1) is 0 Å². The lowest BCUT2D eigenvalue weighted by Gasteiger charge is -2.10. The van der Waals surface area contributed by atoms with Gasteiger partial charge in [-0.3, -0.25) is 10.1 Å². The molecule has 2 aromatic rings. The summed E-state index contributed by atoms with van der Waals surface area (Å²) in [6, 6.07) is 12.5. The average molecular weight is 312 g/mol. The lowest BCUT2D eigenvalue weighted by molar-refractivity contribution is -0.149. The number of primary amides is 1. The maximum Gasteiger partial charge on any atom is 0.331 e. The number of imide groups is 1. The van der Waals surface area contributed by atoms with Gasteiger partial charge in [0.05, 0.1) is 0 Å². The molecule has 0 bridgehead atoms. The predicted octanol–water partition coefficient (Wildman–Crippen LogP) is 1.98. The Balaban J connectivity index is 2.06. The first kappa shape index (κ1) is 16.2.